The molecule has 0 fully saturated rings. The van der Waals surface area contributed by atoms with Crippen LogP contribution in [0.1, 0.15) is 45.2 Å². The molecule has 0 spiro atoms. The largest absolute Gasteiger partial charge is 0.339 e. The first-order valence-electron chi connectivity index (χ1n) is 10.6. The predicted octanol–water partition coefficient (Wildman–Crippen LogP) is 4.11. The zero-order valence-electron chi connectivity index (χ0n) is 18.6. The minimum absolute atomic E-state index is 0.175. The van der Waals surface area contributed by atoms with Crippen LogP contribution in [0.5, 0.6) is 0 Å². The van der Waals surface area contributed by atoms with Crippen LogP contribution in [0.25, 0.3) is 17.3 Å². The maximum atomic E-state index is 13.1. The van der Waals surface area contributed by atoms with E-state index < -0.39 is 0 Å². The third kappa shape index (κ3) is 5.46. The summed E-state index contributed by atoms with van der Waals surface area (Å²) in [7, 11) is 0. The van der Waals surface area contributed by atoms with E-state index in [-0.39, 0.29) is 23.6 Å². The summed E-state index contributed by atoms with van der Waals surface area (Å²) < 4.78 is 19.9. The highest BCUT2D eigenvalue weighted by Crippen LogP contribution is 2.25. The number of aryl methyl sites for hydroxylation is 1. The minimum Gasteiger partial charge on any atom is -0.339 e. The van der Waals surface area contributed by atoms with Crippen LogP contribution in [0.2, 0.25) is 0 Å². The fraction of sp³-hybridized carbons (Fsp3) is 0.304. The molecule has 0 bridgehead atoms. The third-order valence-corrected chi connectivity index (χ3v) is 4.85. The van der Waals surface area contributed by atoms with Gasteiger partial charge in [0, 0.05) is 42.3 Å². The van der Waals surface area contributed by atoms with E-state index in [2.05, 4.69) is 30.5 Å². The van der Waals surface area contributed by atoms with Crippen molar-refractivity contribution in [3.05, 3.63) is 66.2 Å². The second-order valence-corrected chi connectivity index (χ2v) is 8.55. The fourth-order valence-electron chi connectivity index (χ4n) is 3.07. The van der Waals surface area contributed by atoms with Crippen LogP contribution >= 0.6 is 0 Å². The molecule has 33 heavy (non-hydrogen) atoms. The molecule has 1 aromatic carbocycles. The van der Waals surface area contributed by atoms with Gasteiger partial charge in [-0.25, -0.2) is 14.4 Å². The number of carbonyl (C=O) groups is 1. The molecule has 0 aliphatic heterocycles. The Labute approximate surface area is 190 Å². The summed E-state index contributed by atoms with van der Waals surface area (Å²) >= 11 is 0. The number of anilines is 1. The summed E-state index contributed by atoms with van der Waals surface area (Å²) in [6.45, 7) is 6.13. The molecule has 1 N–H and O–H groups in total. The number of amides is 1. The topological polar surface area (TPSA) is 112 Å². The number of aromatic nitrogens is 6. The standard InChI is InChI=1S/C23H24FN7O2/c1-23(2,3)17-14-18(31(29-17)22-25-12-5-13-26-22)27-19(32)6-4-7-20-28-21(30-33-20)15-8-10-16(24)11-9-15/h5,8-14H,4,6-7H2,1-3H3,(H,27,32). The Kier molecular flexibility index (Phi) is 6.25. The second-order valence-electron chi connectivity index (χ2n) is 8.55. The molecule has 0 saturated carbocycles. The normalized spacial score (nSPS) is 11.5. The Balaban J connectivity index is 1.38. The van der Waals surface area contributed by atoms with Crippen LogP contribution in [-0.2, 0) is 16.6 Å². The Morgan fingerprint density at radius 3 is 2.58 bits per heavy atom. The summed E-state index contributed by atoms with van der Waals surface area (Å²) in [5.41, 5.74) is 1.26. The molecule has 9 nitrogen and oxygen atoms in total. The van der Waals surface area contributed by atoms with Gasteiger partial charge in [0.25, 0.3) is 5.95 Å². The number of rotatable bonds is 7. The first-order valence-corrected chi connectivity index (χ1v) is 10.6. The van der Waals surface area contributed by atoms with Gasteiger partial charge in [-0.2, -0.15) is 14.8 Å². The number of carbonyl (C=O) groups excluding carboxylic acids is 1. The van der Waals surface area contributed by atoms with Gasteiger partial charge in [-0.3, -0.25) is 4.79 Å². The average molecular weight is 449 g/mol. The SMILES string of the molecule is CC(C)(C)c1cc(NC(=O)CCCc2nc(-c3ccc(F)cc3)no2)n(-c2ncccn2)n1. The summed E-state index contributed by atoms with van der Waals surface area (Å²) in [6, 6.07) is 9.40. The molecule has 3 aromatic heterocycles. The lowest BCUT2D eigenvalue weighted by atomic mass is 9.92. The van der Waals surface area contributed by atoms with Crippen molar-refractivity contribution in [2.24, 2.45) is 0 Å². The van der Waals surface area contributed by atoms with Crippen LogP contribution in [-0.4, -0.2) is 35.8 Å². The molecule has 0 unspecified atom stereocenters. The zero-order valence-corrected chi connectivity index (χ0v) is 18.6. The van der Waals surface area contributed by atoms with Crippen molar-refractivity contribution in [3.8, 4) is 17.3 Å². The van der Waals surface area contributed by atoms with Crippen molar-refractivity contribution in [2.45, 2.75) is 45.4 Å². The van der Waals surface area contributed by atoms with Gasteiger partial charge in [0.15, 0.2) is 0 Å². The van der Waals surface area contributed by atoms with E-state index in [1.165, 1.54) is 16.8 Å². The smallest absolute Gasteiger partial charge is 0.252 e. The van der Waals surface area contributed by atoms with Gasteiger partial charge in [-0.1, -0.05) is 25.9 Å². The number of hydrogen-bond acceptors (Lipinski definition) is 7. The van der Waals surface area contributed by atoms with Crippen LogP contribution in [0.15, 0.2) is 53.3 Å². The molecule has 10 heteroatoms. The number of nitrogens with one attached hydrogen (secondary N) is 1. The van der Waals surface area contributed by atoms with E-state index in [1.54, 1.807) is 30.6 Å². The number of benzene rings is 1. The molecule has 3 heterocycles. The van der Waals surface area contributed by atoms with Crippen molar-refractivity contribution in [1.82, 2.24) is 29.9 Å². The zero-order chi connectivity index (χ0) is 23.4. The Hall–Kier alpha value is -3.95. The fourth-order valence-corrected chi connectivity index (χ4v) is 3.07. The maximum Gasteiger partial charge on any atom is 0.252 e. The van der Waals surface area contributed by atoms with Gasteiger partial charge in [0.2, 0.25) is 17.6 Å². The summed E-state index contributed by atoms with van der Waals surface area (Å²) in [6.07, 6.45) is 4.45. The minimum atomic E-state index is -0.330. The van der Waals surface area contributed by atoms with Gasteiger partial charge in [0.05, 0.1) is 5.69 Å². The Bertz CT molecular complexity index is 1230. The van der Waals surface area contributed by atoms with Crippen LogP contribution in [0.3, 0.4) is 0 Å². The number of halogens is 1. The molecule has 0 radical (unpaired) electrons. The molecule has 170 valence electrons. The quantitative estimate of drug-likeness (QED) is 0.452. The number of nitrogens with zero attached hydrogens (tertiary/aromatic N) is 6. The lowest BCUT2D eigenvalue weighted by molar-refractivity contribution is -0.116. The van der Waals surface area contributed by atoms with E-state index >= 15 is 0 Å². The average Bonchev–Trinajstić information content (AvgIpc) is 3.42. The first-order chi connectivity index (χ1) is 15.8. The Morgan fingerprint density at radius 1 is 1.15 bits per heavy atom. The molecule has 4 aromatic rings. The third-order valence-electron chi connectivity index (χ3n) is 4.85. The van der Waals surface area contributed by atoms with Gasteiger partial charge in [0.1, 0.15) is 11.6 Å². The van der Waals surface area contributed by atoms with Crippen LogP contribution < -0.4 is 5.32 Å². The predicted molar refractivity (Wildman–Crippen MR) is 119 cm³/mol. The highest BCUT2D eigenvalue weighted by Gasteiger charge is 2.22. The van der Waals surface area contributed by atoms with E-state index in [4.69, 9.17) is 4.52 Å². The monoisotopic (exact) mass is 449 g/mol. The van der Waals surface area contributed by atoms with Crippen molar-refractivity contribution >= 4 is 11.7 Å². The molecule has 0 aliphatic rings. The van der Waals surface area contributed by atoms with E-state index in [0.717, 1.165) is 5.69 Å². The summed E-state index contributed by atoms with van der Waals surface area (Å²) in [5.74, 6) is 1.18. The summed E-state index contributed by atoms with van der Waals surface area (Å²) in [5, 5.41) is 11.4. The van der Waals surface area contributed by atoms with Gasteiger partial charge >= 0.3 is 0 Å². The highest BCUT2D eigenvalue weighted by molar-refractivity contribution is 5.90. The molecule has 4 rings (SSSR count). The maximum absolute atomic E-state index is 13.1. The van der Waals surface area contributed by atoms with Crippen molar-refractivity contribution in [1.29, 1.82) is 0 Å². The van der Waals surface area contributed by atoms with Crippen molar-refractivity contribution in [2.75, 3.05) is 5.32 Å². The van der Waals surface area contributed by atoms with Gasteiger partial charge in [-0.15, -0.1) is 0 Å². The van der Waals surface area contributed by atoms with Crippen molar-refractivity contribution in [3.63, 3.8) is 0 Å². The molecule has 0 saturated heterocycles. The van der Waals surface area contributed by atoms with E-state index in [9.17, 15) is 9.18 Å². The molecular formula is C23H24FN7O2. The highest BCUT2D eigenvalue weighted by atomic mass is 19.1. The molecular weight excluding hydrogens is 425 g/mol. The number of hydrogen-bond donors (Lipinski definition) is 1. The molecule has 0 aliphatic carbocycles. The van der Waals surface area contributed by atoms with E-state index in [1.807, 2.05) is 26.8 Å². The molecule has 1 amide bonds. The lowest BCUT2D eigenvalue weighted by Crippen LogP contribution is -2.16. The Morgan fingerprint density at radius 2 is 1.88 bits per heavy atom. The van der Waals surface area contributed by atoms with Gasteiger partial charge < -0.3 is 9.84 Å². The van der Waals surface area contributed by atoms with Gasteiger partial charge in [-0.05, 0) is 36.8 Å². The molecule has 0 atom stereocenters. The van der Waals surface area contributed by atoms with Crippen LogP contribution in [0, 0.1) is 5.82 Å². The first kappa shape index (κ1) is 22.3. The lowest BCUT2D eigenvalue weighted by Gasteiger charge is -2.13. The van der Waals surface area contributed by atoms with Crippen LogP contribution in [0.4, 0.5) is 10.2 Å². The van der Waals surface area contributed by atoms with Crippen molar-refractivity contribution < 1.29 is 13.7 Å². The second kappa shape index (κ2) is 9.27. The van der Waals surface area contributed by atoms with E-state index in [0.29, 0.717) is 41.9 Å². The summed E-state index contributed by atoms with van der Waals surface area (Å²) in [4.78, 5) is 25.4.